The first-order valence-corrected chi connectivity index (χ1v) is 10.3. The Hall–Kier alpha value is -3.99. The van der Waals surface area contributed by atoms with Gasteiger partial charge in [-0.1, -0.05) is 6.07 Å². The van der Waals surface area contributed by atoms with Crippen molar-refractivity contribution in [3.8, 4) is 5.75 Å². The summed E-state index contributed by atoms with van der Waals surface area (Å²) >= 11 is 0. The van der Waals surface area contributed by atoms with Gasteiger partial charge in [0, 0.05) is 37.9 Å². The summed E-state index contributed by atoms with van der Waals surface area (Å²) in [5, 5.41) is 12.9. The van der Waals surface area contributed by atoms with Crippen LogP contribution in [-0.4, -0.2) is 65.3 Å². The van der Waals surface area contributed by atoms with Gasteiger partial charge < -0.3 is 20.3 Å². The summed E-state index contributed by atoms with van der Waals surface area (Å²) in [6.07, 6.45) is 3.31. The molecule has 0 atom stereocenters. The van der Waals surface area contributed by atoms with Crippen LogP contribution < -0.4 is 25.2 Å². The Kier molecular flexibility index (Phi) is 5.15. The molecule has 2 aliphatic rings. The number of hydrogen-bond donors (Lipinski definition) is 3. The van der Waals surface area contributed by atoms with Gasteiger partial charge in [-0.05, 0) is 23.8 Å². The maximum atomic E-state index is 12.8. The molecular formula is C21H22N8O3. The Morgan fingerprint density at radius 2 is 2.06 bits per heavy atom. The van der Waals surface area contributed by atoms with E-state index in [-0.39, 0.29) is 17.7 Å². The lowest BCUT2D eigenvalue weighted by Crippen LogP contribution is -2.43. The standard InChI is InChI=1S/C21H22N8O3/c1-32-14-3-2-13-12-29(20(31)15(13)10-14)21-25-18(26-27-21)19(30)24-16-11-23-5-4-17(16)28-8-6-22-7-9-28/h2-5,10-11,22H,6-9,12H2,1H3,(H,24,30)(H,25,26,27). The molecule has 5 rings (SSSR count). The Morgan fingerprint density at radius 1 is 1.22 bits per heavy atom. The van der Waals surface area contributed by atoms with Gasteiger partial charge in [0.15, 0.2) is 0 Å². The zero-order chi connectivity index (χ0) is 22.1. The highest BCUT2D eigenvalue weighted by atomic mass is 16.5. The van der Waals surface area contributed by atoms with Crippen molar-refractivity contribution in [2.75, 3.05) is 48.4 Å². The summed E-state index contributed by atoms with van der Waals surface area (Å²) in [5.74, 6) is 0.0478. The van der Waals surface area contributed by atoms with Crippen LogP contribution in [0.2, 0.25) is 0 Å². The van der Waals surface area contributed by atoms with Gasteiger partial charge in [0.05, 0.1) is 31.2 Å². The number of methoxy groups -OCH3 is 1. The van der Waals surface area contributed by atoms with Crippen molar-refractivity contribution >= 4 is 29.1 Å². The second-order valence-corrected chi connectivity index (χ2v) is 7.48. The summed E-state index contributed by atoms with van der Waals surface area (Å²) in [5.41, 5.74) is 2.88. The van der Waals surface area contributed by atoms with E-state index >= 15 is 0 Å². The monoisotopic (exact) mass is 434 g/mol. The van der Waals surface area contributed by atoms with Crippen LogP contribution in [0.4, 0.5) is 17.3 Å². The van der Waals surface area contributed by atoms with Gasteiger partial charge in [-0.2, -0.15) is 4.98 Å². The van der Waals surface area contributed by atoms with E-state index in [1.807, 2.05) is 12.1 Å². The first-order valence-electron chi connectivity index (χ1n) is 10.3. The quantitative estimate of drug-likeness (QED) is 0.543. The number of carbonyl (C=O) groups is 2. The predicted octanol–water partition coefficient (Wildman–Crippen LogP) is 1.03. The number of benzene rings is 1. The van der Waals surface area contributed by atoms with Crippen molar-refractivity contribution in [1.29, 1.82) is 0 Å². The molecule has 0 spiro atoms. The average Bonchev–Trinajstić information content (AvgIpc) is 3.45. The number of rotatable bonds is 5. The minimum atomic E-state index is -0.484. The molecule has 0 radical (unpaired) electrons. The highest BCUT2D eigenvalue weighted by Crippen LogP contribution is 2.29. The molecular weight excluding hydrogens is 412 g/mol. The van der Waals surface area contributed by atoms with E-state index in [1.165, 1.54) is 4.90 Å². The van der Waals surface area contributed by atoms with Crippen LogP contribution in [-0.2, 0) is 6.54 Å². The molecule has 1 fully saturated rings. The first kappa shape index (κ1) is 19.9. The summed E-state index contributed by atoms with van der Waals surface area (Å²) in [7, 11) is 1.55. The lowest BCUT2D eigenvalue weighted by molar-refractivity contribution is 0.0990. The average molecular weight is 434 g/mol. The molecule has 11 heteroatoms. The van der Waals surface area contributed by atoms with Gasteiger partial charge >= 0.3 is 0 Å². The lowest BCUT2D eigenvalue weighted by Gasteiger charge is -2.30. The number of nitrogens with one attached hydrogen (secondary N) is 3. The third-order valence-electron chi connectivity index (χ3n) is 5.56. The zero-order valence-electron chi connectivity index (χ0n) is 17.5. The van der Waals surface area contributed by atoms with Crippen LogP contribution in [0.3, 0.4) is 0 Å². The predicted molar refractivity (Wildman–Crippen MR) is 117 cm³/mol. The molecule has 0 unspecified atom stereocenters. The van der Waals surface area contributed by atoms with Crippen molar-refractivity contribution in [3.05, 3.63) is 53.6 Å². The van der Waals surface area contributed by atoms with Crippen molar-refractivity contribution in [2.45, 2.75) is 6.54 Å². The number of ether oxygens (including phenoxy) is 1. The van der Waals surface area contributed by atoms with Gasteiger partial charge in [0.2, 0.25) is 11.8 Å². The van der Waals surface area contributed by atoms with Crippen LogP contribution >= 0.6 is 0 Å². The second-order valence-electron chi connectivity index (χ2n) is 7.48. The summed E-state index contributed by atoms with van der Waals surface area (Å²) in [4.78, 5) is 37.7. The van der Waals surface area contributed by atoms with Crippen molar-refractivity contribution in [1.82, 2.24) is 25.5 Å². The fourth-order valence-electron chi connectivity index (χ4n) is 3.90. The molecule has 2 aromatic heterocycles. The van der Waals surface area contributed by atoms with E-state index in [9.17, 15) is 9.59 Å². The Bertz CT molecular complexity index is 1170. The highest BCUT2D eigenvalue weighted by Gasteiger charge is 2.31. The fourth-order valence-corrected chi connectivity index (χ4v) is 3.90. The minimum Gasteiger partial charge on any atom is -0.497 e. The van der Waals surface area contributed by atoms with E-state index in [4.69, 9.17) is 4.74 Å². The Balaban J connectivity index is 1.33. The van der Waals surface area contributed by atoms with E-state index < -0.39 is 5.91 Å². The molecule has 4 heterocycles. The Morgan fingerprint density at radius 3 is 2.88 bits per heavy atom. The summed E-state index contributed by atoms with van der Waals surface area (Å²) in [6, 6.07) is 7.22. The summed E-state index contributed by atoms with van der Waals surface area (Å²) in [6.45, 7) is 3.75. The number of anilines is 3. The number of nitrogens with zero attached hydrogens (tertiary/aromatic N) is 5. The molecule has 0 bridgehead atoms. The molecule has 0 saturated carbocycles. The highest BCUT2D eigenvalue weighted by molar-refractivity contribution is 6.10. The van der Waals surface area contributed by atoms with Crippen LogP contribution in [0, 0.1) is 0 Å². The van der Waals surface area contributed by atoms with Gasteiger partial charge in [-0.25, -0.2) is 5.10 Å². The van der Waals surface area contributed by atoms with Crippen molar-refractivity contribution < 1.29 is 14.3 Å². The number of aromatic amines is 1. The van der Waals surface area contributed by atoms with Crippen LogP contribution in [0.25, 0.3) is 0 Å². The largest absolute Gasteiger partial charge is 0.497 e. The van der Waals surface area contributed by atoms with Gasteiger partial charge in [-0.15, -0.1) is 5.10 Å². The van der Waals surface area contributed by atoms with Crippen LogP contribution in [0.5, 0.6) is 5.75 Å². The molecule has 11 nitrogen and oxygen atoms in total. The number of hydrogen-bond acceptors (Lipinski definition) is 8. The molecule has 3 aromatic rings. The van der Waals surface area contributed by atoms with E-state index in [2.05, 4.69) is 35.7 Å². The fraction of sp³-hybridized carbons (Fsp3) is 0.286. The normalized spacial score (nSPS) is 15.6. The van der Waals surface area contributed by atoms with Gasteiger partial charge in [0.25, 0.3) is 11.8 Å². The molecule has 0 aliphatic carbocycles. The molecule has 2 aliphatic heterocycles. The number of fused-ring (bicyclic) bond motifs is 1. The zero-order valence-corrected chi connectivity index (χ0v) is 17.5. The molecule has 2 amide bonds. The smallest absolute Gasteiger partial charge is 0.295 e. The first-order chi connectivity index (χ1) is 15.6. The SMILES string of the molecule is COc1ccc2c(c1)C(=O)N(c1nc(C(=O)Nc3cnccc3N3CCNCC3)n[nH]1)C2. The minimum absolute atomic E-state index is 0.0588. The Labute approximate surface area is 183 Å². The van der Waals surface area contributed by atoms with Crippen molar-refractivity contribution in [3.63, 3.8) is 0 Å². The molecule has 164 valence electrons. The maximum Gasteiger partial charge on any atom is 0.295 e. The number of aromatic nitrogens is 4. The number of piperazine rings is 1. The van der Waals surface area contributed by atoms with Gasteiger partial charge in [-0.3, -0.25) is 19.5 Å². The maximum absolute atomic E-state index is 12.8. The number of amides is 2. The third kappa shape index (κ3) is 3.62. The second kappa shape index (κ2) is 8.27. The van der Waals surface area contributed by atoms with Crippen LogP contribution in [0.15, 0.2) is 36.7 Å². The molecule has 32 heavy (non-hydrogen) atoms. The van der Waals surface area contributed by atoms with E-state index in [0.29, 0.717) is 23.5 Å². The van der Waals surface area contributed by atoms with Crippen molar-refractivity contribution in [2.24, 2.45) is 0 Å². The molecule has 1 saturated heterocycles. The van der Waals surface area contributed by atoms with E-state index in [1.54, 1.807) is 31.6 Å². The molecule has 3 N–H and O–H groups in total. The van der Waals surface area contributed by atoms with Crippen LogP contribution in [0.1, 0.15) is 26.5 Å². The third-order valence-corrected chi connectivity index (χ3v) is 5.56. The van der Waals surface area contributed by atoms with Gasteiger partial charge in [0.1, 0.15) is 5.75 Å². The number of pyridine rings is 1. The summed E-state index contributed by atoms with van der Waals surface area (Å²) < 4.78 is 5.20. The number of H-pyrrole nitrogens is 1. The van der Waals surface area contributed by atoms with E-state index in [0.717, 1.165) is 37.4 Å². The number of carbonyl (C=O) groups excluding carboxylic acids is 2. The lowest BCUT2D eigenvalue weighted by atomic mass is 10.1. The molecule has 1 aromatic carbocycles. The topological polar surface area (TPSA) is 128 Å².